The lowest BCUT2D eigenvalue weighted by Crippen LogP contribution is -2.55. The molecule has 0 radical (unpaired) electrons. The molecule has 0 saturated carbocycles. The molecule has 2 aliphatic carbocycles. The summed E-state index contributed by atoms with van der Waals surface area (Å²) in [6.45, 7) is 1.48. The highest BCUT2D eigenvalue weighted by Gasteiger charge is 2.45. The van der Waals surface area contributed by atoms with Crippen LogP contribution in [0.3, 0.4) is 0 Å². The molecular formula is C27H30O9. The van der Waals surface area contributed by atoms with Crippen molar-refractivity contribution in [1.29, 1.82) is 0 Å². The maximum Gasteiger partial charge on any atom is 0.336 e. The van der Waals surface area contributed by atoms with Gasteiger partial charge in [-0.1, -0.05) is 30.3 Å². The number of hydrogen-bond donors (Lipinski definition) is 5. The highest BCUT2D eigenvalue weighted by Crippen LogP contribution is 2.43. The quantitative estimate of drug-likeness (QED) is 0.315. The standard InChI is InChI=1S/C27H30O9/c1-3-35-25-18(26-24(31)23(30)22(29)20(13-28)36-26)10-14(11-19(25)34-2)9-16-12-15-7-5-4-6-8-17(15)21(16)27(32)33/h4-8,10-12,20,22-24,26,28-31H,3,9,13H2,1-2H3,(H,32,33). The Kier molecular flexibility index (Phi) is 7.77. The van der Waals surface area contributed by atoms with Gasteiger partial charge in [-0.3, -0.25) is 0 Å². The summed E-state index contributed by atoms with van der Waals surface area (Å²) < 4.78 is 17.1. The van der Waals surface area contributed by atoms with Gasteiger partial charge in [-0.05, 0) is 53.8 Å². The van der Waals surface area contributed by atoms with Crippen LogP contribution < -0.4 is 9.47 Å². The number of carbonyl (C=O) groups is 1. The van der Waals surface area contributed by atoms with Gasteiger partial charge < -0.3 is 39.7 Å². The zero-order chi connectivity index (χ0) is 26.0. The molecule has 5 atom stereocenters. The molecule has 0 bridgehead atoms. The van der Waals surface area contributed by atoms with E-state index in [2.05, 4.69) is 0 Å². The van der Waals surface area contributed by atoms with E-state index < -0.39 is 43.1 Å². The second kappa shape index (κ2) is 10.8. The lowest BCUT2D eigenvalue weighted by molar-refractivity contribution is -0.232. The molecule has 3 aliphatic rings. The Hall–Kier alpha value is -3.21. The molecule has 5 N–H and O–H groups in total. The van der Waals surface area contributed by atoms with Gasteiger partial charge in [0.15, 0.2) is 11.5 Å². The SMILES string of the molecule is CCOc1c(OC)cc(Cc2cc3cccccc-3c2C(=O)O)cc1C1OC(CO)C(O)C(O)C1O. The van der Waals surface area contributed by atoms with Gasteiger partial charge in [-0.15, -0.1) is 0 Å². The number of aromatic carboxylic acids is 1. The average Bonchev–Trinajstić information content (AvgIpc) is 3.04. The summed E-state index contributed by atoms with van der Waals surface area (Å²) in [5.41, 5.74) is 3.21. The van der Waals surface area contributed by atoms with E-state index in [4.69, 9.17) is 14.2 Å². The van der Waals surface area contributed by atoms with Gasteiger partial charge in [0.25, 0.3) is 0 Å². The summed E-state index contributed by atoms with van der Waals surface area (Å²) in [6.07, 6.45) is -6.60. The van der Waals surface area contributed by atoms with Crippen LogP contribution in [0, 0.1) is 0 Å². The lowest BCUT2D eigenvalue weighted by Gasteiger charge is -2.40. The number of rotatable bonds is 8. The zero-order valence-corrected chi connectivity index (χ0v) is 20.0. The Labute approximate surface area is 208 Å². The number of methoxy groups -OCH3 is 1. The fourth-order valence-electron chi connectivity index (χ4n) is 4.77. The van der Waals surface area contributed by atoms with Gasteiger partial charge in [0.05, 0.1) is 25.9 Å². The van der Waals surface area contributed by atoms with Crippen LogP contribution in [0.4, 0.5) is 0 Å². The maximum absolute atomic E-state index is 12.2. The summed E-state index contributed by atoms with van der Waals surface area (Å²) in [5, 5.41) is 50.9. The minimum absolute atomic E-state index is 0.198. The molecule has 0 spiro atoms. The van der Waals surface area contributed by atoms with Gasteiger partial charge in [0, 0.05) is 5.56 Å². The fourth-order valence-corrected chi connectivity index (χ4v) is 4.77. The third kappa shape index (κ3) is 4.76. The van der Waals surface area contributed by atoms with Crippen LogP contribution in [0.25, 0.3) is 11.1 Å². The third-order valence-electron chi connectivity index (χ3n) is 6.45. The molecule has 1 aromatic carbocycles. The van der Waals surface area contributed by atoms with Crippen LogP contribution in [0.15, 0.2) is 48.5 Å². The van der Waals surface area contributed by atoms with Gasteiger partial charge >= 0.3 is 5.97 Å². The first-order valence-electron chi connectivity index (χ1n) is 11.7. The topological polar surface area (TPSA) is 146 Å². The number of aliphatic hydroxyl groups is 4. The van der Waals surface area contributed by atoms with Crippen molar-refractivity contribution in [2.45, 2.75) is 43.9 Å². The Bertz CT molecular complexity index is 1190. The third-order valence-corrected chi connectivity index (χ3v) is 6.45. The minimum Gasteiger partial charge on any atom is -0.493 e. The van der Waals surface area contributed by atoms with E-state index in [0.717, 1.165) is 5.56 Å². The van der Waals surface area contributed by atoms with Crippen molar-refractivity contribution >= 4 is 5.97 Å². The number of benzene rings is 1. The Balaban J connectivity index is 1.83. The molecule has 9 heteroatoms. The molecule has 4 rings (SSSR count). The van der Waals surface area contributed by atoms with Gasteiger partial charge in [0.2, 0.25) is 0 Å². The number of fused-ring (bicyclic) bond motifs is 1. The van der Waals surface area contributed by atoms with Crippen molar-refractivity contribution in [1.82, 2.24) is 0 Å². The predicted octanol–water partition coefficient (Wildman–Crippen LogP) is 2.00. The largest absolute Gasteiger partial charge is 0.493 e. The molecule has 1 fully saturated rings. The maximum atomic E-state index is 12.2. The van der Waals surface area contributed by atoms with Crippen LogP contribution in [-0.2, 0) is 11.2 Å². The Morgan fingerprint density at radius 1 is 1.03 bits per heavy atom. The van der Waals surface area contributed by atoms with E-state index in [1.807, 2.05) is 24.3 Å². The van der Waals surface area contributed by atoms with Gasteiger partial charge in [-0.2, -0.15) is 0 Å². The molecule has 1 aliphatic heterocycles. The smallest absolute Gasteiger partial charge is 0.336 e. The van der Waals surface area contributed by atoms with Crippen molar-refractivity contribution < 1.29 is 44.5 Å². The van der Waals surface area contributed by atoms with Crippen molar-refractivity contribution in [3.05, 3.63) is 70.8 Å². The fraction of sp³-hybridized carbons (Fsp3) is 0.370. The molecule has 1 heterocycles. The normalized spacial score (nSPS) is 24.0. The lowest BCUT2D eigenvalue weighted by atomic mass is 9.89. The van der Waals surface area contributed by atoms with E-state index in [1.54, 1.807) is 31.2 Å². The summed E-state index contributed by atoms with van der Waals surface area (Å²) in [4.78, 5) is 12.2. The second-order valence-corrected chi connectivity index (χ2v) is 8.71. The second-order valence-electron chi connectivity index (χ2n) is 8.71. The monoisotopic (exact) mass is 498 g/mol. The highest BCUT2D eigenvalue weighted by molar-refractivity contribution is 5.99. The summed E-state index contributed by atoms with van der Waals surface area (Å²) in [6, 6.07) is 14.3. The number of hydrogen-bond acceptors (Lipinski definition) is 8. The highest BCUT2D eigenvalue weighted by atomic mass is 16.5. The molecule has 36 heavy (non-hydrogen) atoms. The van der Waals surface area contributed by atoms with Crippen LogP contribution >= 0.6 is 0 Å². The summed E-state index contributed by atoms with van der Waals surface area (Å²) in [5.74, 6) is -0.426. The van der Waals surface area contributed by atoms with Crippen molar-refractivity contribution in [2.75, 3.05) is 20.3 Å². The summed E-state index contributed by atoms with van der Waals surface area (Å²) in [7, 11) is 1.46. The molecular weight excluding hydrogens is 468 g/mol. The number of ether oxygens (including phenoxy) is 3. The van der Waals surface area contributed by atoms with Crippen LogP contribution in [-0.4, -0.2) is 76.2 Å². The Morgan fingerprint density at radius 3 is 2.44 bits per heavy atom. The average molecular weight is 499 g/mol. The minimum atomic E-state index is -1.57. The van der Waals surface area contributed by atoms with Gasteiger partial charge in [0.1, 0.15) is 30.5 Å². The van der Waals surface area contributed by atoms with Crippen molar-refractivity contribution in [2.24, 2.45) is 0 Å². The molecule has 192 valence electrons. The van der Waals surface area contributed by atoms with Crippen LogP contribution in [0.1, 0.15) is 40.1 Å². The predicted molar refractivity (Wildman–Crippen MR) is 130 cm³/mol. The number of carboxylic acid groups (broad SMARTS) is 1. The summed E-state index contributed by atoms with van der Waals surface area (Å²) >= 11 is 0. The van der Waals surface area contributed by atoms with E-state index >= 15 is 0 Å². The first-order valence-corrected chi connectivity index (χ1v) is 11.7. The van der Waals surface area contributed by atoms with E-state index in [0.29, 0.717) is 28.0 Å². The first-order chi connectivity index (χ1) is 17.3. The molecule has 1 aromatic rings. The van der Waals surface area contributed by atoms with Crippen LogP contribution in [0.2, 0.25) is 0 Å². The van der Waals surface area contributed by atoms with Crippen molar-refractivity contribution in [3.8, 4) is 22.6 Å². The van der Waals surface area contributed by atoms with Crippen molar-refractivity contribution in [3.63, 3.8) is 0 Å². The first kappa shape index (κ1) is 25.9. The number of carboxylic acids is 1. The molecule has 0 amide bonds. The van der Waals surface area contributed by atoms with E-state index in [1.165, 1.54) is 7.11 Å². The van der Waals surface area contributed by atoms with E-state index in [-0.39, 0.29) is 24.3 Å². The number of aliphatic hydroxyl groups excluding tert-OH is 4. The Morgan fingerprint density at radius 2 is 1.78 bits per heavy atom. The molecule has 1 saturated heterocycles. The van der Waals surface area contributed by atoms with Gasteiger partial charge in [-0.25, -0.2) is 4.79 Å². The zero-order valence-electron chi connectivity index (χ0n) is 20.0. The van der Waals surface area contributed by atoms with E-state index in [9.17, 15) is 30.3 Å². The van der Waals surface area contributed by atoms with Crippen LogP contribution in [0.5, 0.6) is 11.5 Å². The molecule has 0 aromatic heterocycles. The molecule has 5 unspecified atom stereocenters. The molecule has 9 nitrogen and oxygen atoms in total.